The van der Waals surface area contributed by atoms with Gasteiger partial charge in [-0.15, -0.1) is 0 Å². The number of H-pyrrole nitrogens is 1. The molecular formula is C25H23FN4O2S. The molecule has 6 nitrogen and oxygen atoms in total. The molecule has 5 rings (SSSR count). The zero-order chi connectivity index (χ0) is 23.2. The van der Waals surface area contributed by atoms with Crippen molar-refractivity contribution in [1.29, 1.82) is 0 Å². The molecule has 1 aliphatic heterocycles. The SMILES string of the molecule is CC1(C)C=C2Nc3nc(SCc4ccccc4F)[nH]c(=O)c3C(c3ccncc3)C2C(=O)C1. The Morgan fingerprint density at radius 3 is 2.64 bits per heavy atom. The van der Waals surface area contributed by atoms with Crippen molar-refractivity contribution in [3.05, 3.63) is 93.4 Å². The van der Waals surface area contributed by atoms with Crippen LogP contribution in [0.2, 0.25) is 0 Å². The van der Waals surface area contributed by atoms with E-state index in [1.807, 2.05) is 26.0 Å². The van der Waals surface area contributed by atoms with Crippen LogP contribution in [0.3, 0.4) is 0 Å². The number of hydrogen-bond donors (Lipinski definition) is 2. The topological polar surface area (TPSA) is 87.7 Å². The summed E-state index contributed by atoms with van der Waals surface area (Å²) in [5, 5.41) is 3.67. The lowest BCUT2D eigenvalue weighted by Gasteiger charge is -2.40. The number of carbonyl (C=O) groups is 1. The highest BCUT2D eigenvalue weighted by atomic mass is 32.2. The van der Waals surface area contributed by atoms with Crippen molar-refractivity contribution < 1.29 is 9.18 Å². The van der Waals surface area contributed by atoms with Gasteiger partial charge in [0, 0.05) is 36.2 Å². The second kappa shape index (κ2) is 8.26. The van der Waals surface area contributed by atoms with Crippen molar-refractivity contribution >= 4 is 23.4 Å². The highest BCUT2D eigenvalue weighted by Crippen LogP contribution is 2.47. The van der Waals surface area contributed by atoms with Gasteiger partial charge >= 0.3 is 0 Å². The smallest absolute Gasteiger partial charge is 0.257 e. The van der Waals surface area contributed by atoms with Crippen molar-refractivity contribution in [2.24, 2.45) is 11.3 Å². The monoisotopic (exact) mass is 462 g/mol. The molecule has 2 atom stereocenters. The maximum atomic E-state index is 14.0. The Morgan fingerprint density at radius 2 is 1.88 bits per heavy atom. The van der Waals surface area contributed by atoms with E-state index in [0.29, 0.717) is 34.3 Å². The largest absolute Gasteiger partial charge is 0.343 e. The van der Waals surface area contributed by atoms with E-state index in [-0.39, 0.29) is 22.6 Å². The van der Waals surface area contributed by atoms with Crippen LogP contribution in [0.25, 0.3) is 0 Å². The number of nitrogens with zero attached hydrogens (tertiary/aromatic N) is 2. The van der Waals surface area contributed by atoms with Crippen LogP contribution in [-0.4, -0.2) is 20.7 Å². The number of Topliss-reactive ketones (excluding diaryl/α,β-unsaturated/α-hetero) is 1. The van der Waals surface area contributed by atoms with Crippen molar-refractivity contribution in [2.75, 3.05) is 5.32 Å². The van der Waals surface area contributed by atoms with Crippen LogP contribution < -0.4 is 10.9 Å². The van der Waals surface area contributed by atoms with Crippen LogP contribution in [0, 0.1) is 17.2 Å². The summed E-state index contributed by atoms with van der Waals surface area (Å²) in [6.07, 6.45) is 5.81. The third-order valence-corrected chi connectivity index (χ3v) is 7.01. The number of nitrogens with one attached hydrogen (secondary N) is 2. The van der Waals surface area contributed by atoms with Crippen molar-refractivity contribution in [2.45, 2.75) is 37.1 Å². The van der Waals surface area contributed by atoms with E-state index >= 15 is 0 Å². The summed E-state index contributed by atoms with van der Waals surface area (Å²) >= 11 is 1.26. The number of halogens is 1. The third kappa shape index (κ3) is 4.11. The van der Waals surface area contributed by atoms with Crippen LogP contribution in [0.5, 0.6) is 0 Å². The highest BCUT2D eigenvalue weighted by molar-refractivity contribution is 7.98. The molecule has 2 N–H and O–H groups in total. The van der Waals surface area contributed by atoms with Gasteiger partial charge in [0.15, 0.2) is 5.16 Å². The second-order valence-corrected chi connectivity index (χ2v) is 10.1. The molecule has 0 spiro atoms. The lowest BCUT2D eigenvalue weighted by molar-refractivity contribution is -0.124. The van der Waals surface area contributed by atoms with Gasteiger partial charge in [-0.1, -0.05) is 49.9 Å². The van der Waals surface area contributed by atoms with Gasteiger partial charge in [0.25, 0.3) is 5.56 Å². The van der Waals surface area contributed by atoms with Crippen LogP contribution in [0.4, 0.5) is 10.2 Å². The lowest BCUT2D eigenvalue weighted by atomic mass is 9.67. The number of pyridine rings is 1. The van der Waals surface area contributed by atoms with E-state index < -0.39 is 11.8 Å². The van der Waals surface area contributed by atoms with Crippen molar-refractivity contribution in [3.63, 3.8) is 0 Å². The first-order valence-corrected chi connectivity index (χ1v) is 11.7. The lowest BCUT2D eigenvalue weighted by Crippen LogP contribution is -2.41. The van der Waals surface area contributed by atoms with Gasteiger partial charge < -0.3 is 10.3 Å². The number of aromatic nitrogens is 3. The minimum absolute atomic E-state index is 0.0925. The molecule has 0 saturated heterocycles. The second-order valence-electron chi connectivity index (χ2n) is 9.11. The molecule has 0 bridgehead atoms. The normalized spacial score (nSPS) is 20.9. The van der Waals surface area contributed by atoms with Gasteiger partial charge in [-0.3, -0.25) is 14.6 Å². The van der Waals surface area contributed by atoms with E-state index in [9.17, 15) is 14.0 Å². The van der Waals surface area contributed by atoms with E-state index in [1.54, 1.807) is 30.6 Å². The average Bonchev–Trinajstić information content (AvgIpc) is 2.77. The Kier molecular flexibility index (Phi) is 5.40. The minimum atomic E-state index is -0.479. The van der Waals surface area contributed by atoms with Gasteiger partial charge in [-0.05, 0) is 34.7 Å². The van der Waals surface area contributed by atoms with Crippen molar-refractivity contribution in [1.82, 2.24) is 15.0 Å². The molecule has 168 valence electrons. The fourth-order valence-electron chi connectivity index (χ4n) is 4.68. The summed E-state index contributed by atoms with van der Waals surface area (Å²) in [5.74, 6) is -0.371. The Morgan fingerprint density at radius 1 is 1.12 bits per heavy atom. The van der Waals surface area contributed by atoms with Gasteiger partial charge in [0.2, 0.25) is 0 Å². The van der Waals surface area contributed by atoms with Crippen LogP contribution in [0.1, 0.15) is 42.9 Å². The summed E-state index contributed by atoms with van der Waals surface area (Å²) in [7, 11) is 0. The van der Waals surface area contributed by atoms with Crippen molar-refractivity contribution in [3.8, 4) is 0 Å². The number of benzene rings is 1. The Balaban J connectivity index is 1.59. The maximum absolute atomic E-state index is 14.0. The molecule has 3 aromatic rings. The molecule has 1 aromatic carbocycles. The fourth-order valence-corrected chi connectivity index (χ4v) is 5.53. The third-order valence-electron chi connectivity index (χ3n) is 6.09. The number of fused-ring (bicyclic) bond motifs is 2. The minimum Gasteiger partial charge on any atom is -0.343 e. The van der Waals surface area contributed by atoms with E-state index in [0.717, 1.165) is 11.3 Å². The highest BCUT2D eigenvalue weighted by Gasteiger charge is 2.45. The first-order chi connectivity index (χ1) is 15.8. The number of hydrogen-bond acceptors (Lipinski definition) is 6. The summed E-state index contributed by atoms with van der Waals surface area (Å²) in [6, 6.07) is 10.2. The molecule has 2 unspecified atom stereocenters. The predicted octanol–water partition coefficient (Wildman–Crippen LogP) is 4.65. The van der Waals surface area contributed by atoms with Crippen LogP contribution >= 0.6 is 11.8 Å². The number of thioether (sulfide) groups is 1. The number of carbonyl (C=O) groups excluding carboxylic acids is 1. The average molecular weight is 463 g/mol. The molecule has 0 radical (unpaired) electrons. The molecule has 0 amide bonds. The number of aromatic amines is 1. The van der Waals surface area contributed by atoms with Crippen LogP contribution in [-0.2, 0) is 10.5 Å². The first kappa shape index (κ1) is 21.6. The molecule has 1 aliphatic carbocycles. The number of allylic oxidation sites excluding steroid dienone is 2. The van der Waals surface area contributed by atoms with Gasteiger partial charge in [-0.2, -0.15) is 0 Å². The van der Waals surface area contributed by atoms with E-state index in [1.165, 1.54) is 17.8 Å². The predicted molar refractivity (Wildman–Crippen MR) is 125 cm³/mol. The molecular weight excluding hydrogens is 439 g/mol. The molecule has 3 heterocycles. The van der Waals surface area contributed by atoms with Gasteiger partial charge in [0.1, 0.15) is 17.4 Å². The summed E-state index contributed by atoms with van der Waals surface area (Å²) in [5.41, 5.74) is 1.99. The summed E-state index contributed by atoms with van der Waals surface area (Å²) in [4.78, 5) is 38.1. The van der Waals surface area contributed by atoms with E-state index in [4.69, 9.17) is 0 Å². The van der Waals surface area contributed by atoms with Gasteiger partial charge in [-0.25, -0.2) is 9.37 Å². The zero-order valence-corrected chi connectivity index (χ0v) is 19.1. The molecule has 33 heavy (non-hydrogen) atoms. The Hall–Kier alpha value is -3.26. The maximum Gasteiger partial charge on any atom is 0.257 e. The first-order valence-electron chi connectivity index (χ1n) is 10.8. The standard InChI is InChI=1S/C25H23FN4O2S/c1-25(2)11-17-20(18(31)12-25)19(14-7-9-27-10-8-14)21-22(28-17)29-24(30-23(21)32)33-13-15-5-3-4-6-16(15)26/h3-11,19-20H,12-13H2,1-2H3,(H2,28,29,30,32). The molecule has 0 saturated carbocycles. The Labute approximate surface area is 194 Å². The fraction of sp³-hybridized carbons (Fsp3) is 0.280. The van der Waals surface area contributed by atoms with E-state index in [2.05, 4.69) is 26.3 Å². The Bertz CT molecular complexity index is 1320. The molecule has 2 aliphatic rings. The zero-order valence-electron chi connectivity index (χ0n) is 18.3. The van der Waals surface area contributed by atoms with Gasteiger partial charge in [0.05, 0.1) is 11.5 Å². The number of anilines is 1. The quantitative estimate of drug-likeness (QED) is 0.433. The van der Waals surface area contributed by atoms with Crippen LogP contribution in [0.15, 0.2) is 70.5 Å². The molecule has 8 heteroatoms. The summed E-state index contributed by atoms with van der Waals surface area (Å²) < 4.78 is 14.0. The number of ketones is 1. The molecule has 2 aromatic heterocycles. The number of rotatable bonds is 4. The molecule has 0 fully saturated rings. The summed E-state index contributed by atoms with van der Waals surface area (Å²) in [6.45, 7) is 4.04.